The molecular formula is C12H10BrNO4S2. The number of rotatable bonds is 4. The van der Waals surface area contributed by atoms with Gasteiger partial charge in [-0.15, -0.1) is 0 Å². The van der Waals surface area contributed by atoms with Gasteiger partial charge in [-0.1, -0.05) is 24.0 Å². The number of carbonyl (C=O) groups is 2. The second kappa shape index (κ2) is 6.55. The standard InChI is InChI=1S/C12H10BrNO4S2/c1-17-10(15)4-5-14-11(16)8(20-12(14)19)6-7-2-3-9(13)18-7/h2-3,6H,4-5H2,1H3/b8-6+. The zero-order valence-corrected chi connectivity index (χ0v) is 13.6. The summed E-state index contributed by atoms with van der Waals surface area (Å²) >= 11 is 9.52. The SMILES string of the molecule is COC(=O)CCN1C(=O)/C(=C\c2ccc(Br)o2)SC1=S. The van der Waals surface area contributed by atoms with Crippen molar-refractivity contribution in [3.8, 4) is 0 Å². The summed E-state index contributed by atoms with van der Waals surface area (Å²) in [6.45, 7) is 0.219. The summed E-state index contributed by atoms with van der Waals surface area (Å²) in [6.07, 6.45) is 1.74. The van der Waals surface area contributed by atoms with Crippen LogP contribution in [0.15, 0.2) is 26.1 Å². The van der Waals surface area contributed by atoms with Crippen LogP contribution in [-0.2, 0) is 14.3 Å². The number of furan rings is 1. The van der Waals surface area contributed by atoms with Crippen molar-refractivity contribution in [2.75, 3.05) is 13.7 Å². The molecule has 1 saturated heterocycles. The lowest BCUT2D eigenvalue weighted by molar-refractivity contribution is -0.140. The molecular weight excluding hydrogens is 366 g/mol. The average molecular weight is 376 g/mol. The molecule has 0 spiro atoms. The molecule has 0 bridgehead atoms. The Morgan fingerprint density at radius 1 is 1.60 bits per heavy atom. The fraction of sp³-hybridized carbons (Fsp3) is 0.250. The lowest BCUT2D eigenvalue weighted by atomic mass is 10.3. The van der Waals surface area contributed by atoms with Crippen molar-refractivity contribution >= 4 is 62.2 Å². The van der Waals surface area contributed by atoms with Crippen molar-refractivity contribution in [1.82, 2.24) is 4.90 Å². The van der Waals surface area contributed by atoms with E-state index in [0.717, 1.165) is 0 Å². The minimum absolute atomic E-state index is 0.114. The van der Waals surface area contributed by atoms with Crippen LogP contribution in [0.5, 0.6) is 0 Å². The van der Waals surface area contributed by atoms with Gasteiger partial charge in [0.2, 0.25) is 0 Å². The van der Waals surface area contributed by atoms with E-state index in [1.54, 1.807) is 18.2 Å². The molecule has 106 valence electrons. The first-order valence-electron chi connectivity index (χ1n) is 5.59. The maximum absolute atomic E-state index is 12.2. The molecule has 0 aliphatic carbocycles. The van der Waals surface area contributed by atoms with Crippen molar-refractivity contribution in [3.63, 3.8) is 0 Å². The normalized spacial score (nSPS) is 17.1. The van der Waals surface area contributed by atoms with E-state index in [-0.39, 0.29) is 24.8 Å². The van der Waals surface area contributed by atoms with Crippen LogP contribution in [0.25, 0.3) is 6.08 Å². The smallest absolute Gasteiger partial charge is 0.307 e. The lowest BCUT2D eigenvalue weighted by Gasteiger charge is -2.12. The van der Waals surface area contributed by atoms with Crippen molar-refractivity contribution in [2.45, 2.75) is 6.42 Å². The molecule has 1 aromatic rings. The third kappa shape index (κ3) is 3.50. The van der Waals surface area contributed by atoms with E-state index < -0.39 is 0 Å². The number of amides is 1. The van der Waals surface area contributed by atoms with E-state index in [4.69, 9.17) is 16.6 Å². The number of carbonyl (C=O) groups excluding carboxylic acids is 2. The summed E-state index contributed by atoms with van der Waals surface area (Å²) in [7, 11) is 1.31. The third-order valence-electron chi connectivity index (χ3n) is 2.51. The second-order valence-electron chi connectivity index (χ2n) is 3.80. The van der Waals surface area contributed by atoms with Crippen molar-refractivity contribution in [3.05, 3.63) is 27.5 Å². The van der Waals surface area contributed by atoms with Gasteiger partial charge in [0.05, 0.1) is 18.4 Å². The van der Waals surface area contributed by atoms with E-state index in [9.17, 15) is 9.59 Å². The summed E-state index contributed by atoms with van der Waals surface area (Å²) in [4.78, 5) is 25.1. The van der Waals surface area contributed by atoms with Gasteiger partial charge in [0.1, 0.15) is 10.1 Å². The van der Waals surface area contributed by atoms with E-state index in [0.29, 0.717) is 19.7 Å². The first kappa shape index (κ1) is 15.3. The van der Waals surface area contributed by atoms with Crippen molar-refractivity contribution in [1.29, 1.82) is 0 Å². The highest BCUT2D eigenvalue weighted by Gasteiger charge is 2.32. The molecule has 8 heteroatoms. The molecule has 1 aliphatic rings. The summed E-state index contributed by atoms with van der Waals surface area (Å²) < 4.78 is 10.9. The first-order chi connectivity index (χ1) is 9.51. The molecule has 5 nitrogen and oxygen atoms in total. The number of thioether (sulfide) groups is 1. The highest BCUT2D eigenvalue weighted by atomic mass is 79.9. The van der Waals surface area contributed by atoms with Crippen LogP contribution in [0.4, 0.5) is 0 Å². The van der Waals surface area contributed by atoms with Gasteiger partial charge in [-0.25, -0.2) is 0 Å². The topological polar surface area (TPSA) is 59.8 Å². The molecule has 2 rings (SSSR count). The lowest BCUT2D eigenvalue weighted by Crippen LogP contribution is -2.30. The number of thiocarbonyl (C=S) groups is 1. The number of hydrogen-bond donors (Lipinski definition) is 0. The highest BCUT2D eigenvalue weighted by molar-refractivity contribution is 9.10. The molecule has 0 saturated carbocycles. The molecule has 0 atom stereocenters. The van der Waals surface area contributed by atoms with Crippen molar-refractivity contribution in [2.24, 2.45) is 0 Å². The van der Waals surface area contributed by atoms with Crippen LogP contribution in [0.3, 0.4) is 0 Å². The predicted molar refractivity (Wildman–Crippen MR) is 82.9 cm³/mol. The quantitative estimate of drug-likeness (QED) is 0.458. The maximum Gasteiger partial charge on any atom is 0.307 e. The summed E-state index contributed by atoms with van der Waals surface area (Å²) in [5.41, 5.74) is 0. The van der Waals surface area contributed by atoms with E-state index in [1.807, 2.05) is 0 Å². The zero-order valence-electron chi connectivity index (χ0n) is 10.4. The van der Waals surface area contributed by atoms with Crippen LogP contribution >= 0.6 is 39.9 Å². The zero-order chi connectivity index (χ0) is 14.7. The van der Waals surface area contributed by atoms with Gasteiger partial charge in [0.15, 0.2) is 4.67 Å². The van der Waals surface area contributed by atoms with E-state index in [1.165, 1.54) is 23.8 Å². The summed E-state index contributed by atoms with van der Waals surface area (Å²) in [6, 6.07) is 3.48. The molecule has 20 heavy (non-hydrogen) atoms. The highest BCUT2D eigenvalue weighted by Crippen LogP contribution is 2.33. The van der Waals surface area contributed by atoms with Gasteiger partial charge >= 0.3 is 5.97 Å². The molecule has 1 amide bonds. The second-order valence-corrected chi connectivity index (χ2v) is 6.26. The molecule has 1 fully saturated rings. The van der Waals surface area contributed by atoms with E-state index >= 15 is 0 Å². The summed E-state index contributed by atoms with van der Waals surface area (Å²) in [5, 5.41) is 0. The van der Waals surface area contributed by atoms with Gasteiger partial charge in [-0.05, 0) is 28.1 Å². The predicted octanol–water partition coefficient (Wildman–Crippen LogP) is 2.81. The molecule has 0 N–H and O–H groups in total. The number of methoxy groups -OCH3 is 1. The molecule has 1 aliphatic heterocycles. The molecule has 0 unspecified atom stereocenters. The monoisotopic (exact) mass is 375 g/mol. The average Bonchev–Trinajstić information content (AvgIpc) is 2.93. The van der Waals surface area contributed by atoms with E-state index in [2.05, 4.69) is 20.7 Å². The van der Waals surface area contributed by atoms with Gasteiger partial charge in [-0.2, -0.15) is 0 Å². The maximum atomic E-state index is 12.2. The Kier molecular flexibility index (Phi) is 5.00. The Hall–Kier alpha value is -1.12. The van der Waals surface area contributed by atoms with Crippen molar-refractivity contribution < 1.29 is 18.7 Å². The third-order valence-corrected chi connectivity index (χ3v) is 4.31. The van der Waals surface area contributed by atoms with Gasteiger partial charge in [-0.3, -0.25) is 14.5 Å². The van der Waals surface area contributed by atoms with Gasteiger partial charge in [0, 0.05) is 12.6 Å². The largest absolute Gasteiger partial charge is 0.469 e. The number of halogens is 1. The fourth-order valence-electron chi connectivity index (χ4n) is 1.53. The Bertz CT molecular complexity index is 596. The van der Waals surface area contributed by atoms with Crippen LogP contribution < -0.4 is 0 Å². The summed E-state index contributed by atoms with van der Waals surface area (Å²) in [5.74, 6) is -0.0419. The van der Waals surface area contributed by atoms with Gasteiger partial charge in [0.25, 0.3) is 5.91 Å². The molecule has 2 heterocycles. The Morgan fingerprint density at radius 2 is 2.35 bits per heavy atom. The number of nitrogens with zero attached hydrogens (tertiary/aromatic N) is 1. The van der Waals surface area contributed by atoms with Gasteiger partial charge < -0.3 is 9.15 Å². The number of ether oxygens (including phenoxy) is 1. The molecule has 1 aromatic heterocycles. The minimum atomic E-state index is -0.377. The van der Waals surface area contributed by atoms with Crippen LogP contribution in [-0.4, -0.2) is 34.8 Å². The molecule has 0 radical (unpaired) electrons. The Labute approximate surface area is 133 Å². The number of esters is 1. The van der Waals surface area contributed by atoms with Crippen LogP contribution in [0.1, 0.15) is 12.2 Å². The van der Waals surface area contributed by atoms with Crippen LogP contribution in [0.2, 0.25) is 0 Å². The van der Waals surface area contributed by atoms with Crippen LogP contribution in [0, 0.1) is 0 Å². The fourth-order valence-corrected chi connectivity index (χ4v) is 3.14. The Morgan fingerprint density at radius 3 is 2.95 bits per heavy atom. The first-order valence-corrected chi connectivity index (χ1v) is 7.60. The Balaban J connectivity index is 2.08. The number of hydrogen-bond acceptors (Lipinski definition) is 6. The molecule has 0 aromatic carbocycles. The minimum Gasteiger partial charge on any atom is -0.469 e.